The topological polar surface area (TPSA) is 67.3 Å². The maximum Gasteiger partial charge on any atom is 0.136 e. The molecule has 2 unspecified atom stereocenters. The van der Waals surface area contributed by atoms with Crippen molar-refractivity contribution in [1.29, 1.82) is 0 Å². The number of anilines is 1. The Morgan fingerprint density at radius 1 is 1.33 bits per heavy atom. The first-order valence-corrected chi connectivity index (χ1v) is 7.69. The van der Waals surface area contributed by atoms with E-state index in [4.69, 9.17) is 4.74 Å². The lowest BCUT2D eigenvalue weighted by atomic mass is 9.95. The lowest BCUT2D eigenvalue weighted by Gasteiger charge is -2.20. The van der Waals surface area contributed by atoms with Crippen LogP contribution in [0.1, 0.15) is 51.6 Å². The van der Waals surface area contributed by atoms with Crippen molar-refractivity contribution in [3.8, 4) is 0 Å². The van der Waals surface area contributed by atoms with Crippen LogP contribution >= 0.6 is 0 Å². The number of methoxy groups -OCH3 is 1. The minimum Gasteiger partial charge on any atom is -0.393 e. The van der Waals surface area contributed by atoms with Crippen LogP contribution in [0.15, 0.2) is 6.07 Å². The predicted molar refractivity (Wildman–Crippen MR) is 83.3 cm³/mol. The van der Waals surface area contributed by atoms with Gasteiger partial charge in [-0.05, 0) is 12.8 Å². The van der Waals surface area contributed by atoms with Crippen LogP contribution in [0.25, 0.3) is 0 Å². The molecule has 1 heterocycles. The van der Waals surface area contributed by atoms with Crippen molar-refractivity contribution in [2.75, 3.05) is 19.0 Å². The van der Waals surface area contributed by atoms with Crippen LogP contribution in [0.3, 0.4) is 0 Å². The van der Waals surface area contributed by atoms with Crippen molar-refractivity contribution >= 4 is 5.82 Å². The van der Waals surface area contributed by atoms with Gasteiger partial charge in [0.1, 0.15) is 11.6 Å². The molecule has 1 aromatic heterocycles. The van der Waals surface area contributed by atoms with Crippen molar-refractivity contribution in [3.05, 3.63) is 17.6 Å². The second kappa shape index (κ2) is 6.71. The number of hydrogen-bond acceptors (Lipinski definition) is 5. The monoisotopic (exact) mass is 293 g/mol. The molecule has 0 bridgehead atoms. The van der Waals surface area contributed by atoms with Crippen LogP contribution in [-0.2, 0) is 16.8 Å². The first-order chi connectivity index (χ1) is 9.90. The lowest BCUT2D eigenvalue weighted by molar-refractivity contribution is 0.138. The molecular formula is C16H27N3O2. The van der Waals surface area contributed by atoms with Gasteiger partial charge in [0.25, 0.3) is 0 Å². The van der Waals surface area contributed by atoms with E-state index >= 15 is 0 Å². The SMILES string of the molecule is COCc1cc(NCC2CCCC2O)nc(C(C)(C)C)n1. The number of nitrogens with one attached hydrogen (secondary N) is 1. The maximum absolute atomic E-state index is 9.90. The molecule has 0 saturated heterocycles. The number of aromatic nitrogens is 2. The Hall–Kier alpha value is -1.20. The molecule has 0 aromatic carbocycles. The molecular weight excluding hydrogens is 266 g/mol. The van der Waals surface area contributed by atoms with Gasteiger partial charge in [0.2, 0.25) is 0 Å². The number of nitrogens with zero attached hydrogens (tertiary/aromatic N) is 2. The van der Waals surface area contributed by atoms with Gasteiger partial charge in [0, 0.05) is 31.1 Å². The highest BCUT2D eigenvalue weighted by Crippen LogP contribution is 2.26. The zero-order chi connectivity index (χ0) is 15.5. The second-order valence-corrected chi connectivity index (χ2v) is 6.89. The Morgan fingerprint density at radius 2 is 2.10 bits per heavy atom. The van der Waals surface area contributed by atoms with Gasteiger partial charge < -0.3 is 15.2 Å². The van der Waals surface area contributed by atoms with Crippen LogP contribution in [0.4, 0.5) is 5.82 Å². The summed E-state index contributed by atoms with van der Waals surface area (Å²) in [4.78, 5) is 9.18. The molecule has 5 nitrogen and oxygen atoms in total. The van der Waals surface area contributed by atoms with Gasteiger partial charge in [-0.3, -0.25) is 0 Å². The average molecular weight is 293 g/mol. The molecule has 2 N–H and O–H groups in total. The Morgan fingerprint density at radius 3 is 2.67 bits per heavy atom. The van der Waals surface area contributed by atoms with Gasteiger partial charge in [-0.1, -0.05) is 27.2 Å². The van der Waals surface area contributed by atoms with Crippen molar-refractivity contribution in [3.63, 3.8) is 0 Å². The van der Waals surface area contributed by atoms with Crippen LogP contribution in [0.5, 0.6) is 0 Å². The molecule has 0 radical (unpaired) electrons. The molecule has 1 fully saturated rings. The highest BCUT2D eigenvalue weighted by atomic mass is 16.5. The van der Waals surface area contributed by atoms with Gasteiger partial charge in [0.15, 0.2) is 0 Å². The quantitative estimate of drug-likeness (QED) is 0.873. The fourth-order valence-electron chi connectivity index (χ4n) is 2.64. The van der Waals surface area contributed by atoms with Crippen LogP contribution in [-0.4, -0.2) is 34.8 Å². The van der Waals surface area contributed by atoms with E-state index in [1.807, 2.05) is 6.07 Å². The first-order valence-electron chi connectivity index (χ1n) is 7.69. The van der Waals surface area contributed by atoms with Crippen LogP contribution in [0, 0.1) is 5.92 Å². The highest BCUT2D eigenvalue weighted by molar-refractivity contribution is 5.37. The molecule has 2 rings (SSSR count). The number of ether oxygens (including phenoxy) is 1. The maximum atomic E-state index is 9.90. The van der Waals surface area contributed by atoms with Crippen molar-refractivity contribution in [1.82, 2.24) is 9.97 Å². The summed E-state index contributed by atoms with van der Waals surface area (Å²) in [6.45, 7) is 7.54. The van der Waals surface area contributed by atoms with E-state index in [2.05, 4.69) is 36.1 Å². The molecule has 1 saturated carbocycles. The molecule has 0 aliphatic heterocycles. The normalized spacial score (nSPS) is 22.5. The third-order valence-corrected chi connectivity index (χ3v) is 3.91. The van der Waals surface area contributed by atoms with E-state index < -0.39 is 0 Å². The Bertz CT molecular complexity index is 471. The fourth-order valence-corrected chi connectivity index (χ4v) is 2.64. The summed E-state index contributed by atoms with van der Waals surface area (Å²) in [6, 6.07) is 1.93. The number of aliphatic hydroxyl groups is 1. The van der Waals surface area contributed by atoms with Crippen molar-refractivity contribution < 1.29 is 9.84 Å². The van der Waals surface area contributed by atoms with Crippen molar-refractivity contribution in [2.45, 2.75) is 58.2 Å². The minimum atomic E-state index is -0.181. The van der Waals surface area contributed by atoms with E-state index in [1.165, 1.54) is 0 Å². The number of rotatable bonds is 5. The zero-order valence-corrected chi connectivity index (χ0v) is 13.5. The summed E-state index contributed by atoms with van der Waals surface area (Å²) >= 11 is 0. The van der Waals surface area contributed by atoms with E-state index in [-0.39, 0.29) is 11.5 Å². The largest absolute Gasteiger partial charge is 0.393 e. The molecule has 2 atom stereocenters. The van der Waals surface area contributed by atoms with E-state index in [0.29, 0.717) is 12.5 Å². The standard InChI is InChI=1S/C16H27N3O2/c1-16(2,3)15-18-12(10-21-4)8-14(19-15)17-9-11-6-5-7-13(11)20/h8,11,13,20H,5-7,9-10H2,1-4H3,(H,17,18,19). The van der Waals surface area contributed by atoms with Gasteiger partial charge in [-0.2, -0.15) is 0 Å². The van der Waals surface area contributed by atoms with Gasteiger partial charge in [0.05, 0.1) is 18.4 Å². The molecule has 1 aliphatic rings. The minimum absolute atomic E-state index is 0.104. The smallest absolute Gasteiger partial charge is 0.136 e. The molecule has 0 spiro atoms. The Balaban J connectivity index is 2.11. The molecule has 1 aliphatic carbocycles. The van der Waals surface area contributed by atoms with Crippen LogP contribution in [0.2, 0.25) is 0 Å². The molecule has 0 amide bonds. The van der Waals surface area contributed by atoms with E-state index in [1.54, 1.807) is 7.11 Å². The molecule has 118 valence electrons. The summed E-state index contributed by atoms with van der Waals surface area (Å²) in [5.41, 5.74) is 0.777. The Kier molecular flexibility index (Phi) is 5.17. The average Bonchev–Trinajstić information content (AvgIpc) is 2.81. The van der Waals surface area contributed by atoms with Crippen molar-refractivity contribution in [2.24, 2.45) is 5.92 Å². The highest BCUT2D eigenvalue weighted by Gasteiger charge is 2.25. The third-order valence-electron chi connectivity index (χ3n) is 3.91. The molecule has 1 aromatic rings. The number of hydrogen-bond donors (Lipinski definition) is 2. The summed E-state index contributed by atoms with van der Waals surface area (Å²) < 4.78 is 5.19. The Labute approximate surface area is 127 Å². The van der Waals surface area contributed by atoms with E-state index in [9.17, 15) is 5.11 Å². The van der Waals surface area contributed by atoms with E-state index in [0.717, 1.165) is 43.1 Å². The van der Waals surface area contributed by atoms with Gasteiger partial charge in [-0.25, -0.2) is 9.97 Å². The first kappa shape index (κ1) is 16.2. The molecule has 5 heteroatoms. The summed E-state index contributed by atoms with van der Waals surface area (Å²) in [7, 11) is 1.67. The summed E-state index contributed by atoms with van der Waals surface area (Å²) in [6.07, 6.45) is 2.92. The predicted octanol–water partition coefficient (Wildman–Crippen LogP) is 2.49. The number of aliphatic hydroxyl groups excluding tert-OH is 1. The van der Waals surface area contributed by atoms with Gasteiger partial charge >= 0.3 is 0 Å². The van der Waals surface area contributed by atoms with Gasteiger partial charge in [-0.15, -0.1) is 0 Å². The molecule has 21 heavy (non-hydrogen) atoms. The lowest BCUT2D eigenvalue weighted by Crippen LogP contribution is -2.24. The third kappa shape index (κ3) is 4.38. The van der Waals surface area contributed by atoms with Crippen LogP contribution < -0.4 is 5.32 Å². The second-order valence-electron chi connectivity index (χ2n) is 6.89. The zero-order valence-electron chi connectivity index (χ0n) is 13.5. The summed E-state index contributed by atoms with van der Waals surface area (Å²) in [5, 5.41) is 13.3. The fraction of sp³-hybridized carbons (Fsp3) is 0.750. The summed E-state index contributed by atoms with van der Waals surface area (Å²) in [5.74, 6) is 1.96.